The summed E-state index contributed by atoms with van der Waals surface area (Å²) in [6.45, 7) is 4.59. The van der Waals surface area contributed by atoms with E-state index < -0.39 is 10.0 Å². The Kier molecular flexibility index (Phi) is 5.29. The molecular weight excluding hydrogens is 288 g/mol. The van der Waals surface area contributed by atoms with E-state index in [1.807, 2.05) is 6.20 Å². The largest absolute Gasteiger partial charge is 0.297 e. The third-order valence-electron chi connectivity index (χ3n) is 3.82. The summed E-state index contributed by atoms with van der Waals surface area (Å²) in [6.07, 6.45) is 4.38. The first-order chi connectivity index (χ1) is 9.92. The molecule has 0 aliphatic carbocycles. The Bertz CT molecular complexity index is 587. The first-order valence-electron chi connectivity index (χ1n) is 7.38. The van der Waals surface area contributed by atoms with Crippen molar-refractivity contribution in [1.29, 1.82) is 0 Å². The predicted molar refractivity (Wildman–Crippen MR) is 82.5 cm³/mol. The molecule has 0 spiro atoms. The van der Waals surface area contributed by atoms with E-state index in [0.29, 0.717) is 6.42 Å². The van der Waals surface area contributed by atoms with Crippen LogP contribution in [0.25, 0.3) is 0 Å². The van der Waals surface area contributed by atoms with Crippen LogP contribution in [0.3, 0.4) is 0 Å². The van der Waals surface area contributed by atoms with E-state index in [4.69, 9.17) is 0 Å². The van der Waals surface area contributed by atoms with Crippen molar-refractivity contribution in [2.24, 2.45) is 0 Å². The van der Waals surface area contributed by atoms with Crippen LogP contribution >= 0.6 is 0 Å². The van der Waals surface area contributed by atoms with Gasteiger partial charge in [0.05, 0.1) is 11.4 Å². The van der Waals surface area contributed by atoms with E-state index in [1.165, 1.54) is 9.87 Å². The minimum atomic E-state index is -3.09. The highest BCUT2D eigenvalue weighted by Gasteiger charge is 2.19. The number of rotatable bonds is 6. The van der Waals surface area contributed by atoms with Gasteiger partial charge >= 0.3 is 0 Å². The molecule has 2 rings (SSSR count). The molecule has 0 bridgehead atoms. The fourth-order valence-electron chi connectivity index (χ4n) is 2.41. The van der Waals surface area contributed by atoms with Gasteiger partial charge in [-0.1, -0.05) is 6.92 Å². The van der Waals surface area contributed by atoms with Crippen LogP contribution in [-0.2, 0) is 29.4 Å². The van der Waals surface area contributed by atoms with Crippen LogP contribution in [0.5, 0.6) is 0 Å². The Morgan fingerprint density at radius 1 is 1.38 bits per heavy atom. The predicted octanol–water partition coefficient (Wildman–Crippen LogP) is 0.679. The van der Waals surface area contributed by atoms with Crippen LogP contribution < -0.4 is 0 Å². The molecule has 0 atom stereocenters. The van der Waals surface area contributed by atoms with Gasteiger partial charge in [0.1, 0.15) is 5.82 Å². The highest BCUT2D eigenvalue weighted by atomic mass is 32.2. The molecule has 2 heterocycles. The molecule has 1 aromatic rings. The second kappa shape index (κ2) is 6.81. The first kappa shape index (κ1) is 16.3. The average molecular weight is 312 g/mol. The molecule has 0 amide bonds. The molecule has 0 aromatic carbocycles. The normalized spacial score (nSPS) is 16.2. The van der Waals surface area contributed by atoms with Gasteiger partial charge in [-0.3, -0.25) is 4.90 Å². The van der Waals surface area contributed by atoms with Crippen molar-refractivity contribution in [2.75, 3.05) is 32.9 Å². The fourth-order valence-corrected chi connectivity index (χ4v) is 3.27. The van der Waals surface area contributed by atoms with Crippen molar-refractivity contribution < 1.29 is 8.42 Å². The van der Waals surface area contributed by atoms with Gasteiger partial charge in [0.25, 0.3) is 0 Å². The minimum Gasteiger partial charge on any atom is -0.297 e. The van der Waals surface area contributed by atoms with E-state index in [2.05, 4.69) is 21.8 Å². The first-order valence-corrected chi connectivity index (χ1v) is 8.99. The van der Waals surface area contributed by atoms with Crippen molar-refractivity contribution in [2.45, 2.75) is 32.7 Å². The summed E-state index contributed by atoms with van der Waals surface area (Å²) >= 11 is 0. The molecule has 0 radical (unpaired) electrons. The van der Waals surface area contributed by atoms with Crippen LogP contribution in [0.1, 0.15) is 30.4 Å². The van der Waals surface area contributed by atoms with Crippen molar-refractivity contribution >= 4 is 10.0 Å². The number of aromatic nitrogens is 2. The number of aryl methyl sites for hydroxylation is 1. The molecule has 0 unspecified atom stereocenters. The fraction of sp³-hybridized carbons (Fsp3) is 0.714. The maximum Gasteiger partial charge on any atom is 0.213 e. The molecule has 7 heteroatoms. The highest BCUT2D eigenvalue weighted by Crippen LogP contribution is 2.16. The van der Waals surface area contributed by atoms with Gasteiger partial charge < -0.3 is 0 Å². The van der Waals surface area contributed by atoms with Crippen molar-refractivity contribution in [1.82, 2.24) is 19.2 Å². The van der Waals surface area contributed by atoms with Gasteiger partial charge in [0.15, 0.2) is 0 Å². The zero-order valence-corrected chi connectivity index (χ0v) is 13.9. The summed E-state index contributed by atoms with van der Waals surface area (Å²) in [7, 11) is 0.0689. The van der Waals surface area contributed by atoms with Gasteiger partial charge in [0, 0.05) is 39.8 Å². The Labute approximate surface area is 127 Å². The summed E-state index contributed by atoms with van der Waals surface area (Å²) in [6, 6.07) is 0. The molecule has 21 heavy (non-hydrogen) atoms. The van der Waals surface area contributed by atoms with Gasteiger partial charge in [-0.15, -0.1) is 0 Å². The molecular formula is C14H24N4O2S. The molecule has 1 aliphatic rings. The van der Waals surface area contributed by atoms with Gasteiger partial charge in [-0.2, -0.15) is 0 Å². The van der Waals surface area contributed by atoms with Crippen LogP contribution in [-0.4, -0.2) is 60.5 Å². The molecule has 1 aliphatic heterocycles. The highest BCUT2D eigenvalue weighted by molar-refractivity contribution is 7.89. The second-order valence-electron chi connectivity index (χ2n) is 5.59. The van der Waals surface area contributed by atoms with Gasteiger partial charge in [-0.05, 0) is 24.9 Å². The zero-order valence-electron chi connectivity index (χ0n) is 13.0. The minimum absolute atomic E-state index is 0.202. The van der Waals surface area contributed by atoms with Crippen LogP contribution in [0.15, 0.2) is 6.20 Å². The number of fused-ring (bicyclic) bond motifs is 1. The quantitative estimate of drug-likeness (QED) is 0.773. The summed E-state index contributed by atoms with van der Waals surface area (Å²) in [5, 5.41) is 0. The van der Waals surface area contributed by atoms with Crippen LogP contribution in [0.2, 0.25) is 0 Å². The Balaban J connectivity index is 1.90. The van der Waals surface area contributed by atoms with Crippen molar-refractivity contribution in [3.05, 3.63) is 23.3 Å². The van der Waals surface area contributed by atoms with E-state index in [0.717, 1.165) is 44.0 Å². The Morgan fingerprint density at radius 3 is 2.81 bits per heavy atom. The van der Waals surface area contributed by atoms with E-state index in [1.54, 1.807) is 14.1 Å². The number of sulfonamides is 1. The molecule has 0 saturated heterocycles. The summed E-state index contributed by atoms with van der Waals surface area (Å²) in [4.78, 5) is 11.2. The number of hydrogen-bond acceptors (Lipinski definition) is 5. The summed E-state index contributed by atoms with van der Waals surface area (Å²) in [5.74, 6) is 1.08. The lowest BCUT2D eigenvalue weighted by Gasteiger charge is -2.28. The second-order valence-corrected chi connectivity index (χ2v) is 7.89. The van der Waals surface area contributed by atoms with E-state index in [9.17, 15) is 8.42 Å². The molecule has 0 saturated carbocycles. The lowest BCUT2D eigenvalue weighted by Crippen LogP contribution is -2.34. The third kappa shape index (κ3) is 4.21. The van der Waals surface area contributed by atoms with E-state index >= 15 is 0 Å². The lowest BCUT2D eigenvalue weighted by molar-refractivity contribution is 0.250. The molecule has 6 nitrogen and oxygen atoms in total. The SMILES string of the molecule is CCc1ncc2c(n1)CN(CCCS(=O)(=O)N(C)C)CC2. The van der Waals surface area contributed by atoms with Crippen LogP contribution in [0, 0.1) is 0 Å². The topological polar surface area (TPSA) is 66.4 Å². The molecule has 118 valence electrons. The molecule has 0 N–H and O–H groups in total. The summed E-state index contributed by atoms with van der Waals surface area (Å²) in [5.41, 5.74) is 2.33. The van der Waals surface area contributed by atoms with Crippen molar-refractivity contribution in [3.8, 4) is 0 Å². The monoisotopic (exact) mass is 312 g/mol. The van der Waals surface area contributed by atoms with Crippen molar-refractivity contribution in [3.63, 3.8) is 0 Å². The van der Waals surface area contributed by atoms with Gasteiger partial charge in [0.2, 0.25) is 10.0 Å². The molecule has 0 fully saturated rings. The maximum atomic E-state index is 11.7. The standard InChI is InChI=1S/C14H24N4O2S/c1-4-14-15-10-12-6-8-18(11-13(12)16-14)7-5-9-21(19,20)17(2)3/h10H,4-9,11H2,1-3H3. The number of nitrogens with zero attached hydrogens (tertiary/aromatic N) is 4. The summed E-state index contributed by atoms with van der Waals surface area (Å²) < 4.78 is 24.8. The maximum absolute atomic E-state index is 11.7. The molecule has 1 aromatic heterocycles. The van der Waals surface area contributed by atoms with E-state index in [-0.39, 0.29) is 5.75 Å². The lowest BCUT2D eigenvalue weighted by atomic mass is 10.1. The van der Waals surface area contributed by atoms with Crippen LogP contribution in [0.4, 0.5) is 0 Å². The zero-order chi connectivity index (χ0) is 15.5. The third-order valence-corrected chi connectivity index (χ3v) is 5.74. The smallest absolute Gasteiger partial charge is 0.213 e. The number of hydrogen-bond donors (Lipinski definition) is 0. The Hall–Kier alpha value is -1.05. The average Bonchev–Trinajstić information content (AvgIpc) is 2.46. The Morgan fingerprint density at radius 2 is 2.14 bits per heavy atom. The van der Waals surface area contributed by atoms with Gasteiger partial charge in [-0.25, -0.2) is 22.7 Å².